The normalized spacial score (nSPS) is 28.7. The molecule has 1 fully saturated rings. The number of methoxy groups -OCH3 is 1. The van der Waals surface area contributed by atoms with Gasteiger partial charge in [-0.15, -0.1) is 0 Å². The van der Waals surface area contributed by atoms with Gasteiger partial charge in [-0.25, -0.2) is 0 Å². The van der Waals surface area contributed by atoms with Crippen LogP contribution in [0.15, 0.2) is 23.6 Å². The summed E-state index contributed by atoms with van der Waals surface area (Å²) in [5.41, 5.74) is 6.58. The van der Waals surface area contributed by atoms with Gasteiger partial charge in [0.1, 0.15) is 5.76 Å². The molecule has 19 heavy (non-hydrogen) atoms. The van der Waals surface area contributed by atoms with Crippen LogP contribution in [0.1, 0.15) is 6.92 Å². The molecule has 1 aliphatic carbocycles. The van der Waals surface area contributed by atoms with Crippen molar-refractivity contribution in [2.24, 2.45) is 11.7 Å². The van der Waals surface area contributed by atoms with Gasteiger partial charge in [0, 0.05) is 25.6 Å². The Kier molecular flexibility index (Phi) is 5.24. The molecule has 5 nitrogen and oxygen atoms in total. The van der Waals surface area contributed by atoms with E-state index in [1.807, 2.05) is 12.2 Å². The summed E-state index contributed by atoms with van der Waals surface area (Å²) in [6.07, 6.45) is 4.01. The molecule has 0 aromatic rings. The molecule has 0 spiro atoms. The number of morpholine rings is 1. The van der Waals surface area contributed by atoms with Crippen molar-refractivity contribution in [3.8, 4) is 0 Å². The topological polar surface area (TPSA) is 57.0 Å². The molecule has 2 aliphatic rings. The molecular formula is C14H24N2O3. The largest absolute Gasteiger partial charge is 0.495 e. The third-order valence-corrected chi connectivity index (χ3v) is 3.60. The monoisotopic (exact) mass is 268 g/mol. The smallest absolute Gasteiger partial charge is 0.140 e. The summed E-state index contributed by atoms with van der Waals surface area (Å²) in [7, 11) is 1.63. The molecule has 2 N–H and O–H groups in total. The van der Waals surface area contributed by atoms with Gasteiger partial charge in [0.15, 0.2) is 0 Å². The molecule has 1 saturated heterocycles. The van der Waals surface area contributed by atoms with Crippen molar-refractivity contribution >= 4 is 0 Å². The van der Waals surface area contributed by atoms with Gasteiger partial charge in [0.2, 0.25) is 0 Å². The lowest BCUT2D eigenvalue weighted by Gasteiger charge is -2.29. The minimum atomic E-state index is 0.0447. The van der Waals surface area contributed by atoms with E-state index < -0.39 is 0 Å². The van der Waals surface area contributed by atoms with Crippen LogP contribution in [0.3, 0.4) is 0 Å². The van der Waals surface area contributed by atoms with Gasteiger partial charge in [-0.3, -0.25) is 4.90 Å². The summed E-state index contributed by atoms with van der Waals surface area (Å²) >= 11 is 0. The lowest BCUT2D eigenvalue weighted by Crippen LogP contribution is -2.39. The zero-order valence-electron chi connectivity index (χ0n) is 11.8. The van der Waals surface area contributed by atoms with Gasteiger partial charge in [-0.05, 0) is 6.08 Å². The van der Waals surface area contributed by atoms with Crippen LogP contribution >= 0.6 is 0 Å². The molecule has 0 amide bonds. The predicted molar refractivity (Wildman–Crippen MR) is 73.5 cm³/mol. The fourth-order valence-corrected chi connectivity index (χ4v) is 2.39. The summed E-state index contributed by atoms with van der Waals surface area (Å²) in [5, 5.41) is 0. The fourth-order valence-electron chi connectivity index (χ4n) is 2.39. The van der Waals surface area contributed by atoms with Crippen LogP contribution in [0.4, 0.5) is 0 Å². The molecule has 0 aromatic heterocycles. The van der Waals surface area contributed by atoms with Gasteiger partial charge >= 0.3 is 0 Å². The second-order valence-corrected chi connectivity index (χ2v) is 5.01. The predicted octanol–water partition coefficient (Wildman–Crippen LogP) is 0.726. The van der Waals surface area contributed by atoms with E-state index in [4.69, 9.17) is 19.9 Å². The Morgan fingerprint density at radius 1 is 1.37 bits per heavy atom. The van der Waals surface area contributed by atoms with Crippen LogP contribution < -0.4 is 5.73 Å². The number of hydrogen-bond acceptors (Lipinski definition) is 5. The number of nitrogens with two attached hydrogens (primary N) is 1. The Bertz CT molecular complexity index is 349. The summed E-state index contributed by atoms with van der Waals surface area (Å²) in [5.74, 6) is 0.998. The van der Waals surface area contributed by atoms with Crippen molar-refractivity contribution in [2.45, 2.75) is 13.0 Å². The molecule has 2 atom stereocenters. The molecule has 1 unspecified atom stereocenters. The Morgan fingerprint density at radius 2 is 2.11 bits per heavy atom. The van der Waals surface area contributed by atoms with Gasteiger partial charge < -0.3 is 19.9 Å². The van der Waals surface area contributed by atoms with Crippen molar-refractivity contribution in [3.63, 3.8) is 0 Å². The van der Waals surface area contributed by atoms with Crippen LogP contribution in [0, 0.1) is 5.92 Å². The van der Waals surface area contributed by atoms with Crippen LogP contribution in [0.25, 0.3) is 0 Å². The third-order valence-electron chi connectivity index (χ3n) is 3.60. The maximum atomic E-state index is 5.94. The number of rotatable bonds is 5. The zero-order chi connectivity index (χ0) is 13.7. The summed E-state index contributed by atoms with van der Waals surface area (Å²) in [6, 6.07) is 0. The minimum absolute atomic E-state index is 0.0447. The molecule has 2 rings (SSSR count). The average molecular weight is 268 g/mol. The SMILES string of the molecule is COC1=CC(OCCN2CCOCC2)[C@@H](C)C=C1N. The zero-order valence-corrected chi connectivity index (χ0v) is 11.8. The van der Waals surface area contributed by atoms with Crippen LogP contribution in [0.5, 0.6) is 0 Å². The van der Waals surface area contributed by atoms with Gasteiger partial charge in [0.05, 0.1) is 38.7 Å². The first-order valence-electron chi connectivity index (χ1n) is 6.86. The quantitative estimate of drug-likeness (QED) is 0.796. The maximum absolute atomic E-state index is 5.94. The number of nitrogens with zero attached hydrogens (tertiary/aromatic N) is 1. The molecular weight excluding hydrogens is 244 g/mol. The van der Waals surface area contributed by atoms with Crippen LogP contribution in [-0.2, 0) is 14.2 Å². The highest BCUT2D eigenvalue weighted by Crippen LogP contribution is 2.22. The van der Waals surface area contributed by atoms with Crippen molar-refractivity contribution in [2.75, 3.05) is 46.6 Å². The Hall–Kier alpha value is -1.04. The Balaban J connectivity index is 1.77. The van der Waals surface area contributed by atoms with E-state index >= 15 is 0 Å². The van der Waals surface area contributed by atoms with E-state index in [1.54, 1.807) is 7.11 Å². The van der Waals surface area contributed by atoms with Crippen molar-refractivity contribution in [3.05, 3.63) is 23.6 Å². The first-order chi connectivity index (χ1) is 9.20. The van der Waals surface area contributed by atoms with E-state index in [2.05, 4.69) is 11.8 Å². The van der Waals surface area contributed by atoms with Crippen molar-refractivity contribution in [1.82, 2.24) is 4.90 Å². The minimum Gasteiger partial charge on any atom is -0.495 e. The molecule has 0 saturated carbocycles. The highest BCUT2D eigenvalue weighted by molar-refractivity contribution is 5.29. The number of hydrogen-bond donors (Lipinski definition) is 1. The summed E-state index contributed by atoms with van der Waals surface area (Å²) in [4.78, 5) is 2.36. The first-order valence-corrected chi connectivity index (χ1v) is 6.86. The highest BCUT2D eigenvalue weighted by atomic mass is 16.5. The lowest BCUT2D eigenvalue weighted by molar-refractivity contribution is 0.00386. The maximum Gasteiger partial charge on any atom is 0.140 e. The molecule has 108 valence electrons. The molecule has 1 aliphatic heterocycles. The molecule has 0 aromatic carbocycles. The van der Waals surface area contributed by atoms with E-state index in [-0.39, 0.29) is 12.0 Å². The van der Waals surface area contributed by atoms with E-state index in [1.165, 1.54) is 0 Å². The molecule has 5 heteroatoms. The highest BCUT2D eigenvalue weighted by Gasteiger charge is 2.22. The van der Waals surface area contributed by atoms with Crippen molar-refractivity contribution < 1.29 is 14.2 Å². The molecule has 1 heterocycles. The van der Waals surface area contributed by atoms with Gasteiger partial charge in [-0.2, -0.15) is 0 Å². The Labute approximate surface area is 115 Å². The Morgan fingerprint density at radius 3 is 2.79 bits per heavy atom. The number of ether oxygens (including phenoxy) is 3. The third kappa shape index (κ3) is 3.96. The van der Waals surface area contributed by atoms with Crippen molar-refractivity contribution in [1.29, 1.82) is 0 Å². The van der Waals surface area contributed by atoms with E-state index in [0.717, 1.165) is 45.2 Å². The summed E-state index contributed by atoms with van der Waals surface area (Å²) < 4.78 is 16.5. The van der Waals surface area contributed by atoms with Gasteiger partial charge in [0.25, 0.3) is 0 Å². The van der Waals surface area contributed by atoms with Crippen LogP contribution in [-0.4, -0.2) is 57.6 Å². The fraction of sp³-hybridized carbons (Fsp3) is 0.714. The molecule has 0 bridgehead atoms. The van der Waals surface area contributed by atoms with E-state index in [9.17, 15) is 0 Å². The molecule has 0 radical (unpaired) electrons. The summed E-state index contributed by atoms with van der Waals surface area (Å²) in [6.45, 7) is 7.41. The van der Waals surface area contributed by atoms with Crippen LogP contribution in [0.2, 0.25) is 0 Å². The van der Waals surface area contributed by atoms with Gasteiger partial charge in [-0.1, -0.05) is 13.0 Å². The standard InChI is InChI=1S/C14H24N2O3/c1-11-9-12(15)14(17-2)10-13(11)19-8-5-16-3-6-18-7-4-16/h9-11,13H,3-8,15H2,1-2H3/t11-,13?/m0/s1. The average Bonchev–Trinajstić information content (AvgIpc) is 2.42. The first kappa shape index (κ1) is 14.4. The van der Waals surface area contributed by atoms with E-state index in [0.29, 0.717) is 5.70 Å². The second-order valence-electron chi connectivity index (χ2n) is 5.01. The lowest BCUT2D eigenvalue weighted by atomic mass is 9.97. The second kappa shape index (κ2) is 6.93.